The van der Waals surface area contributed by atoms with Crippen LogP contribution < -0.4 is 0 Å². The molecule has 1 aliphatic rings. The second kappa shape index (κ2) is 8.33. The standard InChI is InChI=1S/C17H28N2O5S/c1-13(2)11-18(12-14(3)4)17(20)15-5-6-16(24-15)25(21,22)19-7-9-23-10-8-19/h5-6,13-14H,7-12H2,1-4H3. The number of hydrogen-bond acceptors (Lipinski definition) is 5. The van der Waals surface area contributed by atoms with Crippen molar-refractivity contribution in [3.63, 3.8) is 0 Å². The lowest BCUT2D eigenvalue weighted by molar-refractivity contribution is 0.0670. The second-order valence-electron chi connectivity index (χ2n) is 7.13. The molecule has 1 fully saturated rings. The third-order valence-electron chi connectivity index (χ3n) is 3.81. The third kappa shape index (κ3) is 5.05. The fourth-order valence-electron chi connectivity index (χ4n) is 2.77. The SMILES string of the molecule is CC(C)CN(CC(C)C)C(=O)c1ccc(S(=O)(=O)N2CCOCC2)o1. The molecule has 25 heavy (non-hydrogen) atoms. The summed E-state index contributed by atoms with van der Waals surface area (Å²) >= 11 is 0. The Bertz CT molecular complexity index is 665. The Kier molecular flexibility index (Phi) is 6.65. The molecule has 7 nitrogen and oxygen atoms in total. The van der Waals surface area contributed by atoms with Crippen molar-refractivity contribution >= 4 is 15.9 Å². The van der Waals surface area contributed by atoms with Gasteiger partial charge in [0.05, 0.1) is 13.2 Å². The summed E-state index contributed by atoms with van der Waals surface area (Å²) in [7, 11) is -3.73. The Morgan fingerprint density at radius 2 is 1.68 bits per heavy atom. The number of ether oxygens (including phenoxy) is 1. The van der Waals surface area contributed by atoms with Gasteiger partial charge in [0, 0.05) is 26.2 Å². The molecule has 1 amide bonds. The maximum atomic E-state index is 12.7. The fraction of sp³-hybridized carbons (Fsp3) is 0.706. The normalized spacial score (nSPS) is 16.6. The number of furan rings is 1. The van der Waals surface area contributed by atoms with Crippen molar-refractivity contribution in [3.8, 4) is 0 Å². The van der Waals surface area contributed by atoms with Gasteiger partial charge in [0.2, 0.25) is 5.09 Å². The van der Waals surface area contributed by atoms with Gasteiger partial charge in [-0.2, -0.15) is 4.31 Å². The Labute approximate surface area is 150 Å². The van der Waals surface area contributed by atoms with Crippen LogP contribution in [0.3, 0.4) is 0 Å². The molecule has 1 aliphatic heterocycles. The zero-order chi connectivity index (χ0) is 18.6. The largest absolute Gasteiger partial charge is 0.438 e. The van der Waals surface area contributed by atoms with Crippen LogP contribution >= 0.6 is 0 Å². The number of carbonyl (C=O) groups is 1. The van der Waals surface area contributed by atoms with E-state index < -0.39 is 10.0 Å². The predicted octanol–water partition coefficient (Wildman–Crippen LogP) is 2.05. The molecule has 1 aromatic heterocycles. The lowest BCUT2D eigenvalue weighted by Gasteiger charge is -2.26. The van der Waals surface area contributed by atoms with Crippen LogP contribution in [0.5, 0.6) is 0 Å². The minimum absolute atomic E-state index is 0.0631. The van der Waals surface area contributed by atoms with Gasteiger partial charge in [-0.1, -0.05) is 27.7 Å². The van der Waals surface area contributed by atoms with Gasteiger partial charge in [0.1, 0.15) is 0 Å². The van der Waals surface area contributed by atoms with Crippen molar-refractivity contribution in [1.29, 1.82) is 0 Å². The average Bonchev–Trinajstić information content (AvgIpc) is 3.04. The first-order valence-corrected chi connectivity index (χ1v) is 10.1. The number of nitrogens with zero attached hydrogens (tertiary/aromatic N) is 2. The van der Waals surface area contributed by atoms with Gasteiger partial charge in [-0.3, -0.25) is 4.79 Å². The minimum Gasteiger partial charge on any atom is -0.438 e. The third-order valence-corrected chi connectivity index (χ3v) is 5.59. The van der Waals surface area contributed by atoms with Gasteiger partial charge in [-0.25, -0.2) is 8.42 Å². The van der Waals surface area contributed by atoms with Gasteiger partial charge >= 0.3 is 0 Å². The topological polar surface area (TPSA) is 80.1 Å². The zero-order valence-corrected chi connectivity index (χ0v) is 16.2. The van der Waals surface area contributed by atoms with Crippen molar-refractivity contribution in [3.05, 3.63) is 17.9 Å². The first kappa shape index (κ1) is 19.9. The zero-order valence-electron chi connectivity index (χ0n) is 15.4. The Hall–Kier alpha value is -1.38. The Balaban J connectivity index is 2.19. The van der Waals surface area contributed by atoms with E-state index >= 15 is 0 Å². The number of hydrogen-bond donors (Lipinski definition) is 0. The molecule has 1 aromatic rings. The van der Waals surface area contributed by atoms with E-state index in [1.165, 1.54) is 16.4 Å². The van der Waals surface area contributed by atoms with Crippen molar-refractivity contribution in [2.24, 2.45) is 11.8 Å². The molecule has 0 saturated carbocycles. The van der Waals surface area contributed by atoms with Crippen LogP contribution in [0.25, 0.3) is 0 Å². The molecule has 0 N–H and O–H groups in total. The summed E-state index contributed by atoms with van der Waals surface area (Å²) in [5.41, 5.74) is 0. The first-order chi connectivity index (χ1) is 11.7. The summed E-state index contributed by atoms with van der Waals surface area (Å²) in [5.74, 6) is 0.419. The monoisotopic (exact) mass is 372 g/mol. The second-order valence-corrected chi connectivity index (χ2v) is 9.00. The van der Waals surface area contributed by atoms with E-state index in [9.17, 15) is 13.2 Å². The molecule has 0 aromatic carbocycles. The summed E-state index contributed by atoms with van der Waals surface area (Å²) in [4.78, 5) is 14.5. The highest BCUT2D eigenvalue weighted by atomic mass is 32.2. The van der Waals surface area contributed by atoms with E-state index in [4.69, 9.17) is 9.15 Å². The van der Waals surface area contributed by atoms with Gasteiger partial charge in [-0.05, 0) is 24.0 Å². The highest BCUT2D eigenvalue weighted by molar-refractivity contribution is 7.89. The molecule has 0 unspecified atom stereocenters. The molecule has 1 saturated heterocycles. The summed E-state index contributed by atoms with van der Waals surface area (Å²) in [6, 6.07) is 2.81. The molecular weight excluding hydrogens is 344 g/mol. The maximum Gasteiger partial charge on any atom is 0.289 e. The molecule has 0 atom stereocenters. The number of carbonyl (C=O) groups excluding carboxylic acids is 1. The van der Waals surface area contributed by atoms with Crippen molar-refractivity contribution in [2.45, 2.75) is 32.8 Å². The number of amides is 1. The number of morpholine rings is 1. The maximum absolute atomic E-state index is 12.7. The van der Waals surface area contributed by atoms with E-state index in [-0.39, 0.29) is 16.8 Å². The van der Waals surface area contributed by atoms with Crippen molar-refractivity contribution < 1.29 is 22.4 Å². The van der Waals surface area contributed by atoms with Gasteiger partial charge in [-0.15, -0.1) is 0 Å². The van der Waals surface area contributed by atoms with E-state index in [1.54, 1.807) is 4.90 Å². The van der Waals surface area contributed by atoms with Crippen LogP contribution in [-0.4, -0.2) is 62.9 Å². The lowest BCUT2D eigenvalue weighted by atomic mass is 10.1. The van der Waals surface area contributed by atoms with Crippen LogP contribution in [0.15, 0.2) is 21.6 Å². The van der Waals surface area contributed by atoms with Crippen molar-refractivity contribution in [1.82, 2.24) is 9.21 Å². The molecule has 8 heteroatoms. The summed E-state index contributed by atoms with van der Waals surface area (Å²) < 4.78 is 37.2. The molecule has 0 radical (unpaired) electrons. The van der Waals surface area contributed by atoms with Crippen LogP contribution in [0.1, 0.15) is 38.2 Å². The van der Waals surface area contributed by atoms with Crippen molar-refractivity contribution in [2.75, 3.05) is 39.4 Å². The average molecular weight is 372 g/mol. The molecule has 2 heterocycles. The summed E-state index contributed by atoms with van der Waals surface area (Å²) in [6.45, 7) is 10.7. The molecule has 0 spiro atoms. The molecule has 0 bridgehead atoms. The van der Waals surface area contributed by atoms with Gasteiger partial charge in [0.25, 0.3) is 15.9 Å². The van der Waals surface area contributed by atoms with E-state index in [1.807, 2.05) is 27.7 Å². The van der Waals surface area contributed by atoms with Crippen LogP contribution in [0.4, 0.5) is 0 Å². The smallest absolute Gasteiger partial charge is 0.289 e. The molecule has 142 valence electrons. The van der Waals surface area contributed by atoms with Crippen LogP contribution in [0, 0.1) is 11.8 Å². The van der Waals surface area contributed by atoms with E-state index in [0.717, 1.165) is 0 Å². The number of rotatable bonds is 7. The van der Waals surface area contributed by atoms with E-state index in [2.05, 4.69) is 0 Å². The van der Waals surface area contributed by atoms with Gasteiger partial charge in [0.15, 0.2) is 5.76 Å². The molecule has 2 rings (SSSR count). The number of sulfonamides is 1. The first-order valence-electron chi connectivity index (χ1n) is 8.68. The molecule has 0 aliphatic carbocycles. The van der Waals surface area contributed by atoms with Crippen LogP contribution in [0.2, 0.25) is 0 Å². The highest BCUT2D eigenvalue weighted by Crippen LogP contribution is 2.21. The van der Waals surface area contributed by atoms with E-state index in [0.29, 0.717) is 51.2 Å². The Morgan fingerprint density at radius 3 is 2.20 bits per heavy atom. The Morgan fingerprint density at radius 1 is 1.12 bits per heavy atom. The van der Waals surface area contributed by atoms with Gasteiger partial charge < -0.3 is 14.1 Å². The summed E-state index contributed by atoms with van der Waals surface area (Å²) in [6.07, 6.45) is 0. The quantitative estimate of drug-likeness (QED) is 0.732. The highest BCUT2D eigenvalue weighted by Gasteiger charge is 2.31. The lowest BCUT2D eigenvalue weighted by Crippen LogP contribution is -2.40. The molecular formula is C17H28N2O5S. The predicted molar refractivity (Wildman–Crippen MR) is 93.9 cm³/mol. The fourth-order valence-corrected chi connectivity index (χ4v) is 4.09. The van der Waals surface area contributed by atoms with Crippen LogP contribution in [-0.2, 0) is 14.8 Å². The minimum atomic E-state index is -3.73. The summed E-state index contributed by atoms with van der Waals surface area (Å²) in [5, 5.41) is -0.188.